The lowest BCUT2D eigenvalue weighted by atomic mass is 10.4. The van der Waals surface area contributed by atoms with Gasteiger partial charge in [0.05, 0.1) is 18.0 Å². The molecule has 122 valence electrons. The molecule has 0 atom stereocenters. The van der Waals surface area contributed by atoms with E-state index in [1.165, 1.54) is 4.31 Å². The van der Waals surface area contributed by atoms with Crippen molar-refractivity contribution in [3.8, 4) is 0 Å². The Hall–Kier alpha value is -0.960. The summed E-state index contributed by atoms with van der Waals surface area (Å²) >= 11 is 0. The van der Waals surface area contributed by atoms with Gasteiger partial charge in [-0.15, -0.1) is 0 Å². The molecule has 8 heteroatoms. The van der Waals surface area contributed by atoms with Crippen molar-refractivity contribution in [2.75, 3.05) is 33.4 Å². The Morgan fingerprint density at radius 2 is 2.05 bits per heavy atom. The van der Waals surface area contributed by atoms with Crippen LogP contribution in [0.3, 0.4) is 0 Å². The van der Waals surface area contributed by atoms with Crippen LogP contribution >= 0.6 is 0 Å². The van der Waals surface area contributed by atoms with E-state index in [2.05, 4.69) is 5.10 Å². The van der Waals surface area contributed by atoms with Crippen molar-refractivity contribution in [3.63, 3.8) is 0 Å². The van der Waals surface area contributed by atoms with Gasteiger partial charge in [-0.25, -0.2) is 8.42 Å². The van der Waals surface area contributed by atoms with Crippen LogP contribution in [0.15, 0.2) is 4.90 Å². The Balaban J connectivity index is 2.99. The second kappa shape index (κ2) is 7.88. The first-order valence-electron chi connectivity index (χ1n) is 7.14. The van der Waals surface area contributed by atoms with Gasteiger partial charge in [0.25, 0.3) is 0 Å². The maximum absolute atomic E-state index is 12.6. The van der Waals surface area contributed by atoms with Crippen molar-refractivity contribution in [2.45, 2.75) is 38.6 Å². The molecular formula is C13H26N4O3S. The summed E-state index contributed by atoms with van der Waals surface area (Å²) in [5.74, 6) is 0. The fraction of sp³-hybridized carbons (Fsp3) is 0.769. The summed E-state index contributed by atoms with van der Waals surface area (Å²) in [5.41, 5.74) is 6.67. The minimum atomic E-state index is -3.55. The van der Waals surface area contributed by atoms with E-state index in [4.69, 9.17) is 10.5 Å². The van der Waals surface area contributed by atoms with Gasteiger partial charge in [-0.2, -0.15) is 9.40 Å². The summed E-state index contributed by atoms with van der Waals surface area (Å²) in [4.78, 5) is 0.290. The molecule has 7 nitrogen and oxygen atoms in total. The number of aromatic nitrogens is 2. The summed E-state index contributed by atoms with van der Waals surface area (Å²) in [7, 11) is -1.99. The van der Waals surface area contributed by atoms with E-state index in [-0.39, 0.29) is 0 Å². The quantitative estimate of drug-likeness (QED) is 0.670. The smallest absolute Gasteiger partial charge is 0.246 e. The predicted octanol–water partition coefficient (Wildman–Crippen LogP) is 0.506. The maximum atomic E-state index is 12.6. The van der Waals surface area contributed by atoms with Gasteiger partial charge in [-0.1, -0.05) is 0 Å². The highest BCUT2D eigenvalue weighted by Gasteiger charge is 2.28. The Morgan fingerprint density at radius 3 is 2.62 bits per heavy atom. The lowest BCUT2D eigenvalue weighted by Crippen LogP contribution is -2.31. The molecule has 0 spiro atoms. The molecule has 0 aliphatic heterocycles. The van der Waals surface area contributed by atoms with Gasteiger partial charge < -0.3 is 10.5 Å². The minimum Gasteiger partial charge on any atom is -0.380 e. The highest BCUT2D eigenvalue weighted by molar-refractivity contribution is 7.89. The molecule has 0 bridgehead atoms. The number of likely N-dealkylation sites (N-methyl/N-ethyl adjacent to an activating group) is 1. The van der Waals surface area contributed by atoms with Gasteiger partial charge in [0, 0.05) is 26.7 Å². The van der Waals surface area contributed by atoms with E-state index in [0.717, 1.165) is 6.42 Å². The van der Waals surface area contributed by atoms with Crippen molar-refractivity contribution in [2.24, 2.45) is 5.73 Å². The monoisotopic (exact) mass is 318 g/mol. The Kier molecular flexibility index (Phi) is 6.79. The molecule has 1 aromatic rings. The molecule has 1 aromatic heterocycles. The molecular weight excluding hydrogens is 292 g/mol. The Bertz CT molecular complexity index is 554. The molecule has 0 aliphatic carbocycles. The molecule has 0 saturated carbocycles. The van der Waals surface area contributed by atoms with E-state index >= 15 is 0 Å². The highest BCUT2D eigenvalue weighted by atomic mass is 32.2. The van der Waals surface area contributed by atoms with E-state index in [1.54, 1.807) is 25.6 Å². The fourth-order valence-electron chi connectivity index (χ4n) is 2.13. The number of aryl methyl sites for hydroxylation is 2. The van der Waals surface area contributed by atoms with E-state index in [1.807, 2.05) is 6.92 Å². The molecule has 1 heterocycles. The topological polar surface area (TPSA) is 90.5 Å². The molecule has 1 rings (SSSR count). The molecule has 0 saturated heterocycles. The van der Waals surface area contributed by atoms with Crippen LogP contribution < -0.4 is 5.73 Å². The Morgan fingerprint density at radius 1 is 1.38 bits per heavy atom. The SMILES string of the molecule is CCOCCN(C)S(=O)(=O)c1c(C)nn(CCCN)c1C. The number of hydrogen-bond donors (Lipinski definition) is 1. The van der Waals surface area contributed by atoms with Crippen LogP contribution in [-0.2, 0) is 21.3 Å². The normalized spacial score (nSPS) is 12.3. The van der Waals surface area contributed by atoms with Crippen molar-refractivity contribution in [3.05, 3.63) is 11.4 Å². The van der Waals surface area contributed by atoms with Crippen LogP contribution in [0, 0.1) is 13.8 Å². The molecule has 0 unspecified atom stereocenters. The Labute approximate surface area is 127 Å². The fourth-order valence-corrected chi connectivity index (χ4v) is 3.65. The number of nitrogens with two attached hydrogens (primary N) is 1. The lowest BCUT2D eigenvalue weighted by Gasteiger charge is -2.17. The zero-order valence-corrected chi connectivity index (χ0v) is 14.1. The van der Waals surface area contributed by atoms with Crippen molar-refractivity contribution < 1.29 is 13.2 Å². The van der Waals surface area contributed by atoms with Crippen molar-refractivity contribution >= 4 is 10.0 Å². The summed E-state index contributed by atoms with van der Waals surface area (Å²) in [6.07, 6.45) is 0.766. The van der Waals surface area contributed by atoms with Crippen molar-refractivity contribution in [1.29, 1.82) is 0 Å². The van der Waals surface area contributed by atoms with Crippen LogP contribution in [-0.4, -0.2) is 55.9 Å². The van der Waals surface area contributed by atoms with Gasteiger partial charge >= 0.3 is 0 Å². The molecule has 2 N–H and O–H groups in total. The first-order chi connectivity index (χ1) is 9.86. The average molecular weight is 318 g/mol. The second-order valence-corrected chi connectivity index (χ2v) is 6.87. The predicted molar refractivity (Wildman–Crippen MR) is 81.7 cm³/mol. The van der Waals surface area contributed by atoms with Crippen molar-refractivity contribution in [1.82, 2.24) is 14.1 Å². The molecule has 0 amide bonds. The van der Waals surface area contributed by atoms with Gasteiger partial charge in [-0.3, -0.25) is 4.68 Å². The lowest BCUT2D eigenvalue weighted by molar-refractivity contribution is 0.138. The number of hydrogen-bond acceptors (Lipinski definition) is 5. The van der Waals surface area contributed by atoms with Gasteiger partial charge in [0.1, 0.15) is 4.90 Å². The molecule has 21 heavy (non-hydrogen) atoms. The second-order valence-electron chi connectivity index (χ2n) is 4.89. The third-order valence-corrected chi connectivity index (χ3v) is 5.42. The van der Waals surface area contributed by atoms with Gasteiger partial charge in [0.2, 0.25) is 10.0 Å². The van der Waals surface area contributed by atoms with E-state index in [9.17, 15) is 8.42 Å². The van der Waals surface area contributed by atoms with Crippen LogP contribution in [0.4, 0.5) is 0 Å². The third-order valence-electron chi connectivity index (χ3n) is 3.31. The first kappa shape index (κ1) is 18.1. The molecule has 0 aromatic carbocycles. The third kappa shape index (κ3) is 4.26. The maximum Gasteiger partial charge on any atom is 0.246 e. The zero-order chi connectivity index (χ0) is 16.0. The highest BCUT2D eigenvalue weighted by Crippen LogP contribution is 2.22. The standard InChI is InChI=1S/C13H26N4O3S/c1-5-20-10-9-16(4)21(18,19)13-11(2)15-17(12(13)3)8-6-7-14/h5-10,14H2,1-4H3. The van der Waals surface area contributed by atoms with Gasteiger partial charge in [-0.05, 0) is 33.7 Å². The molecule has 0 aliphatic rings. The van der Waals surface area contributed by atoms with Gasteiger partial charge in [0.15, 0.2) is 0 Å². The van der Waals surface area contributed by atoms with Crippen LogP contribution in [0.2, 0.25) is 0 Å². The summed E-state index contributed by atoms with van der Waals surface area (Å²) < 4.78 is 33.5. The number of sulfonamides is 1. The minimum absolute atomic E-state index is 0.290. The van der Waals surface area contributed by atoms with E-state index in [0.29, 0.717) is 49.1 Å². The number of rotatable bonds is 9. The first-order valence-corrected chi connectivity index (χ1v) is 8.58. The summed E-state index contributed by atoms with van der Waals surface area (Å²) in [5, 5.41) is 4.32. The summed E-state index contributed by atoms with van der Waals surface area (Å²) in [6.45, 7) is 7.83. The van der Waals surface area contributed by atoms with Crippen LogP contribution in [0.1, 0.15) is 24.7 Å². The largest absolute Gasteiger partial charge is 0.380 e. The average Bonchev–Trinajstić information content (AvgIpc) is 2.71. The zero-order valence-electron chi connectivity index (χ0n) is 13.3. The van der Waals surface area contributed by atoms with Crippen LogP contribution in [0.25, 0.3) is 0 Å². The molecule has 0 radical (unpaired) electrons. The molecule has 0 fully saturated rings. The van der Waals surface area contributed by atoms with Crippen LogP contribution in [0.5, 0.6) is 0 Å². The number of nitrogens with zero attached hydrogens (tertiary/aromatic N) is 3. The number of ether oxygens (including phenoxy) is 1. The summed E-state index contributed by atoms with van der Waals surface area (Å²) in [6, 6.07) is 0. The van der Waals surface area contributed by atoms with E-state index < -0.39 is 10.0 Å².